The quantitative estimate of drug-likeness (QED) is 0.346. The highest BCUT2D eigenvalue weighted by atomic mass is 16.6. The van der Waals surface area contributed by atoms with E-state index in [0.717, 1.165) is 0 Å². The number of aliphatic hydroxyl groups is 4. The van der Waals surface area contributed by atoms with Gasteiger partial charge in [-0.05, 0) is 6.42 Å². The number of hydrogen-bond acceptors (Lipinski definition) is 7. The van der Waals surface area contributed by atoms with Crippen LogP contribution in [0.1, 0.15) is 19.3 Å². The minimum absolute atomic E-state index is 0.0180. The molecule has 19 heavy (non-hydrogen) atoms. The van der Waals surface area contributed by atoms with Crippen LogP contribution >= 0.6 is 0 Å². The molecule has 0 spiro atoms. The highest BCUT2D eigenvalue weighted by Gasteiger charge is 2.49. The molecular weight excluding hydrogens is 260 g/mol. The van der Waals surface area contributed by atoms with E-state index in [-0.39, 0.29) is 25.9 Å². The molecule has 5 atom stereocenters. The van der Waals surface area contributed by atoms with E-state index < -0.39 is 36.0 Å². The van der Waals surface area contributed by atoms with Gasteiger partial charge in [-0.1, -0.05) is 0 Å². The van der Waals surface area contributed by atoms with Crippen LogP contribution in [-0.4, -0.2) is 68.5 Å². The SMILES string of the molecule is O=CC(CCC(=O)O)C[C@]1(O)OC[C@@H](O)[C@H](O)[C@H]1O. The molecule has 0 aromatic rings. The molecule has 1 unspecified atom stereocenters. The van der Waals surface area contributed by atoms with Gasteiger partial charge in [-0.25, -0.2) is 0 Å². The van der Waals surface area contributed by atoms with Gasteiger partial charge in [-0.3, -0.25) is 4.79 Å². The minimum Gasteiger partial charge on any atom is -0.481 e. The van der Waals surface area contributed by atoms with Gasteiger partial charge in [-0.2, -0.15) is 0 Å². The lowest BCUT2D eigenvalue weighted by atomic mass is 9.87. The predicted molar refractivity (Wildman–Crippen MR) is 60.0 cm³/mol. The van der Waals surface area contributed by atoms with Gasteiger partial charge < -0.3 is 35.1 Å². The summed E-state index contributed by atoms with van der Waals surface area (Å²) in [6.07, 6.45) is -4.86. The van der Waals surface area contributed by atoms with Gasteiger partial charge in [0.1, 0.15) is 24.6 Å². The van der Waals surface area contributed by atoms with Gasteiger partial charge in [0, 0.05) is 18.8 Å². The van der Waals surface area contributed by atoms with Crippen molar-refractivity contribution in [3.8, 4) is 0 Å². The molecule has 0 amide bonds. The van der Waals surface area contributed by atoms with Gasteiger partial charge in [0.25, 0.3) is 0 Å². The lowest BCUT2D eigenvalue weighted by Crippen LogP contribution is -2.61. The van der Waals surface area contributed by atoms with Crippen molar-refractivity contribution >= 4 is 12.3 Å². The molecule has 0 aromatic carbocycles. The van der Waals surface area contributed by atoms with E-state index in [4.69, 9.17) is 9.84 Å². The van der Waals surface area contributed by atoms with E-state index in [1.54, 1.807) is 0 Å². The maximum atomic E-state index is 10.8. The van der Waals surface area contributed by atoms with Crippen LogP contribution in [0.4, 0.5) is 0 Å². The van der Waals surface area contributed by atoms with E-state index in [0.29, 0.717) is 6.29 Å². The van der Waals surface area contributed by atoms with E-state index in [1.807, 2.05) is 0 Å². The van der Waals surface area contributed by atoms with Gasteiger partial charge >= 0.3 is 5.97 Å². The highest BCUT2D eigenvalue weighted by Crippen LogP contribution is 2.30. The Balaban J connectivity index is 2.66. The van der Waals surface area contributed by atoms with Crippen molar-refractivity contribution in [1.29, 1.82) is 0 Å². The zero-order chi connectivity index (χ0) is 14.6. The third-order valence-corrected chi connectivity index (χ3v) is 3.16. The van der Waals surface area contributed by atoms with Crippen LogP contribution in [0.25, 0.3) is 0 Å². The molecule has 1 fully saturated rings. The van der Waals surface area contributed by atoms with Crippen LogP contribution < -0.4 is 0 Å². The number of aldehydes is 1. The van der Waals surface area contributed by atoms with Crippen molar-refractivity contribution in [2.75, 3.05) is 6.61 Å². The van der Waals surface area contributed by atoms with Crippen molar-refractivity contribution in [3.63, 3.8) is 0 Å². The Labute approximate surface area is 109 Å². The first-order chi connectivity index (χ1) is 8.80. The topological polar surface area (TPSA) is 145 Å². The second kappa shape index (κ2) is 6.40. The number of carboxylic acids is 1. The highest BCUT2D eigenvalue weighted by molar-refractivity contribution is 5.67. The molecule has 0 radical (unpaired) electrons. The van der Waals surface area contributed by atoms with Crippen LogP contribution in [0.5, 0.6) is 0 Å². The molecular formula is C11H18O8. The Morgan fingerprint density at radius 1 is 1.42 bits per heavy atom. The predicted octanol–water partition coefficient (Wildman–Crippen LogP) is -2.14. The number of aliphatic carboxylic acids is 1. The Hall–Kier alpha value is -1.06. The molecule has 0 aliphatic carbocycles. The van der Waals surface area contributed by atoms with Crippen LogP contribution in [0.2, 0.25) is 0 Å². The summed E-state index contributed by atoms with van der Waals surface area (Å²) in [5, 5.41) is 47.0. The van der Waals surface area contributed by atoms with Crippen molar-refractivity contribution in [3.05, 3.63) is 0 Å². The second-order valence-corrected chi connectivity index (χ2v) is 4.69. The van der Waals surface area contributed by atoms with E-state index in [2.05, 4.69) is 0 Å². The maximum Gasteiger partial charge on any atom is 0.303 e. The monoisotopic (exact) mass is 278 g/mol. The van der Waals surface area contributed by atoms with Crippen LogP contribution in [0, 0.1) is 5.92 Å². The first kappa shape index (κ1) is 16.0. The molecule has 1 heterocycles. The van der Waals surface area contributed by atoms with Crippen molar-refractivity contribution < 1.29 is 39.9 Å². The third kappa shape index (κ3) is 3.95. The van der Waals surface area contributed by atoms with Gasteiger partial charge in [0.2, 0.25) is 0 Å². The molecule has 0 bridgehead atoms. The fraction of sp³-hybridized carbons (Fsp3) is 0.818. The summed E-state index contributed by atoms with van der Waals surface area (Å²) in [6, 6.07) is 0. The summed E-state index contributed by atoms with van der Waals surface area (Å²) < 4.78 is 4.89. The summed E-state index contributed by atoms with van der Waals surface area (Å²) in [4.78, 5) is 21.3. The van der Waals surface area contributed by atoms with Crippen LogP contribution in [-0.2, 0) is 14.3 Å². The summed E-state index contributed by atoms with van der Waals surface area (Å²) in [6.45, 7) is -0.390. The minimum atomic E-state index is -2.18. The lowest BCUT2D eigenvalue weighted by molar-refractivity contribution is -0.326. The molecule has 1 aliphatic rings. The van der Waals surface area contributed by atoms with Gasteiger partial charge in [-0.15, -0.1) is 0 Å². The Kier molecular flexibility index (Phi) is 5.39. The maximum absolute atomic E-state index is 10.8. The molecule has 1 saturated heterocycles. The van der Waals surface area contributed by atoms with Crippen molar-refractivity contribution in [2.45, 2.75) is 43.4 Å². The molecule has 5 N–H and O–H groups in total. The second-order valence-electron chi connectivity index (χ2n) is 4.69. The summed E-state index contributed by atoms with van der Waals surface area (Å²) in [5.41, 5.74) is 0. The summed E-state index contributed by atoms with van der Waals surface area (Å²) in [5.74, 6) is -4.10. The number of rotatable bonds is 6. The standard InChI is InChI=1S/C11H18O8/c12-4-6(1-2-8(14)15)3-11(18)10(17)9(16)7(13)5-19-11/h4,6-7,9-10,13,16-18H,1-3,5H2,(H,14,15)/t6?,7-,9+,10-,11+/m1/s1. The third-order valence-electron chi connectivity index (χ3n) is 3.16. The molecule has 0 aromatic heterocycles. The summed E-state index contributed by atoms with van der Waals surface area (Å²) >= 11 is 0. The van der Waals surface area contributed by atoms with E-state index >= 15 is 0 Å². The normalized spacial score (nSPS) is 36.7. The molecule has 1 rings (SSSR count). The first-order valence-corrected chi connectivity index (χ1v) is 5.87. The van der Waals surface area contributed by atoms with Gasteiger partial charge in [0.15, 0.2) is 5.79 Å². The fourth-order valence-corrected chi connectivity index (χ4v) is 1.97. The number of carbonyl (C=O) groups excluding carboxylic acids is 1. The molecule has 1 aliphatic heterocycles. The molecule has 8 heteroatoms. The van der Waals surface area contributed by atoms with Crippen molar-refractivity contribution in [1.82, 2.24) is 0 Å². The summed E-state index contributed by atoms with van der Waals surface area (Å²) in [7, 11) is 0. The zero-order valence-electron chi connectivity index (χ0n) is 10.2. The molecule has 110 valence electrons. The van der Waals surface area contributed by atoms with E-state index in [9.17, 15) is 30.0 Å². The Bertz CT molecular complexity index is 333. The Morgan fingerprint density at radius 3 is 2.58 bits per heavy atom. The Morgan fingerprint density at radius 2 is 2.05 bits per heavy atom. The molecule has 0 saturated carbocycles. The van der Waals surface area contributed by atoms with Gasteiger partial charge in [0.05, 0.1) is 6.61 Å². The smallest absolute Gasteiger partial charge is 0.303 e. The number of aliphatic hydroxyl groups excluding tert-OH is 3. The largest absolute Gasteiger partial charge is 0.481 e. The number of carbonyl (C=O) groups is 2. The average molecular weight is 278 g/mol. The lowest BCUT2D eigenvalue weighted by Gasteiger charge is -2.42. The van der Waals surface area contributed by atoms with Crippen LogP contribution in [0.3, 0.4) is 0 Å². The zero-order valence-corrected chi connectivity index (χ0v) is 10.2. The molecule has 8 nitrogen and oxygen atoms in total. The van der Waals surface area contributed by atoms with Crippen LogP contribution in [0.15, 0.2) is 0 Å². The van der Waals surface area contributed by atoms with E-state index in [1.165, 1.54) is 0 Å². The first-order valence-electron chi connectivity index (χ1n) is 5.87. The van der Waals surface area contributed by atoms with Crippen molar-refractivity contribution in [2.24, 2.45) is 5.92 Å². The number of hydrogen-bond donors (Lipinski definition) is 5. The fourth-order valence-electron chi connectivity index (χ4n) is 1.97. The number of ether oxygens (including phenoxy) is 1. The average Bonchev–Trinajstić information content (AvgIpc) is 2.37. The number of carboxylic acid groups (broad SMARTS) is 1.